The fraction of sp³-hybridized carbons (Fsp3) is 0.692. The van der Waals surface area contributed by atoms with Gasteiger partial charge in [0.2, 0.25) is 5.88 Å². The monoisotopic (exact) mass is 251 g/mol. The van der Waals surface area contributed by atoms with E-state index in [2.05, 4.69) is 29.1 Å². The Morgan fingerprint density at radius 3 is 3.11 bits per heavy atom. The summed E-state index contributed by atoms with van der Waals surface area (Å²) in [4.78, 5) is 8.32. The van der Waals surface area contributed by atoms with Gasteiger partial charge in [-0.2, -0.15) is 0 Å². The van der Waals surface area contributed by atoms with E-state index in [4.69, 9.17) is 9.47 Å². The fourth-order valence-corrected chi connectivity index (χ4v) is 2.00. The zero-order chi connectivity index (χ0) is 12.8. The Balaban J connectivity index is 1.83. The highest BCUT2D eigenvalue weighted by atomic mass is 16.5. The lowest BCUT2D eigenvalue weighted by atomic mass is 10.2. The maximum Gasteiger partial charge on any atom is 0.216 e. The van der Waals surface area contributed by atoms with Gasteiger partial charge in [0.1, 0.15) is 19.0 Å². The zero-order valence-electron chi connectivity index (χ0n) is 11.1. The summed E-state index contributed by atoms with van der Waals surface area (Å²) in [5, 5.41) is 3.31. The molecule has 1 N–H and O–H groups in total. The summed E-state index contributed by atoms with van der Waals surface area (Å²) < 4.78 is 11.4. The minimum Gasteiger partial charge on any atom is -0.475 e. The maximum atomic E-state index is 5.75. The molecule has 0 saturated carbocycles. The van der Waals surface area contributed by atoms with E-state index >= 15 is 0 Å². The summed E-state index contributed by atoms with van der Waals surface area (Å²) in [6.45, 7) is 6.45. The van der Waals surface area contributed by atoms with Crippen LogP contribution in [0.1, 0.15) is 26.0 Å². The van der Waals surface area contributed by atoms with Crippen LogP contribution in [0.25, 0.3) is 0 Å². The first kappa shape index (κ1) is 13.2. The molecule has 2 rings (SSSR count). The molecule has 100 valence electrons. The third kappa shape index (κ3) is 3.92. The van der Waals surface area contributed by atoms with E-state index in [0.717, 1.165) is 31.6 Å². The third-order valence-electron chi connectivity index (χ3n) is 2.85. The van der Waals surface area contributed by atoms with Gasteiger partial charge >= 0.3 is 0 Å². The minimum absolute atomic E-state index is 0.0957. The van der Waals surface area contributed by atoms with Crippen LogP contribution in [0.3, 0.4) is 0 Å². The van der Waals surface area contributed by atoms with Crippen LogP contribution in [-0.2, 0) is 11.2 Å². The van der Waals surface area contributed by atoms with Gasteiger partial charge < -0.3 is 14.8 Å². The van der Waals surface area contributed by atoms with Crippen LogP contribution in [0, 0.1) is 0 Å². The smallest absolute Gasteiger partial charge is 0.216 e. The van der Waals surface area contributed by atoms with Crippen molar-refractivity contribution in [1.82, 2.24) is 15.3 Å². The summed E-state index contributed by atoms with van der Waals surface area (Å²) in [6, 6.07) is 1.91. The molecule has 0 bridgehead atoms. The SMILES string of the molecule is CCCc1cc(OCC2CNCC(C)O2)ncn1. The van der Waals surface area contributed by atoms with Crippen molar-refractivity contribution in [2.45, 2.75) is 38.9 Å². The van der Waals surface area contributed by atoms with Crippen molar-refractivity contribution in [3.8, 4) is 5.88 Å². The Labute approximate surface area is 108 Å². The maximum absolute atomic E-state index is 5.75. The Morgan fingerprint density at radius 2 is 2.33 bits per heavy atom. The van der Waals surface area contributed by atoms with Gasteiger partial charge in [-0.3, -0.25) is 0 Å². The van der Waals surface area contributed by atoms with Gasteiger partial charge in [-0.1, -0.05) is 13.3 Å². The van der Waals surface area contributed by atoms with Crippen LogP contribution < -0.4 is 10.1 Å². The van der Waals surface area contributed by atoms with E-state index < -0.39 is 0 Å². The van der Waals surface area contributed by atoms with Crippen molar-refractivity contribution in [1.29, 1.82) is 0 Å². The van der Waals surface area contributed by atoms with Crippen LogP contribution >= 0.6 is 0 Å². The Morgan fingerprint density at radius 1 is 1.44 bits per heavy atom. The molecule has 1 aliphatic heterocycles. The molecule has 0 spiro atoms. The quantitative estimate of drug-likeness (QED) is 0.851. The number of hydrogen-bond donors (Lipinski definition) is 1. The molecule has 0 aliphatic carbocycles. The molecule has 2 unspecified atom stereocenters. The molecule has 18 heavy (non-hydrogen) atoms. The van der Waals surface area contributed by atoms with E-state index in [1.165, 1.54) is 0 Å². The first-order valence-electron chi connectivity index (χ1n) is 6.58. The Hall–Kier alpha value is -1.20. The highest BCUT2D eigenvalue weighted by Gasteiger charge is 2.19. The zero-order valence-corrected chi connectivity index (χ0v) is 11.1. The average molecular weight is 251 g/mol. The molecular weight excluding hydrogens is 230 g/mol. The van der Waals surface area contributed by atoms with E-state index in [1.807, 2.05) is 6.07 Å². The molecule has 0 amide bonds. The summed E-state index contributed by atoms with van der Waals surface area (Å²) in [7, 11) is 0. The number of ether oxygens (including phenoxy) is 2. The average Bonchev–Trinajstić information content (AvgIpc) is 2.37. The van der Waals surface area contributed by atoms with Crippen molar-refractivity contribution in [3.05, 3.63) is 18.1 Å². The first-order chi connectivity index (χ1) is 8.78. The Bertz CT molecular complexity index is 373. The number of nitrogens with zero attached hydrogens (tertiary/aromatic N) is 2. The van der Waals surface area contributed by atoms with Crippen molar-refractivity contribution < 1.29 is 9.47 Å². The number of rotatable bonds is 5. The molecule has 1 fully saturated rings. The topological polar surface area (TPSA) is 56.3 Å². The standard InChI is InChI=1S/C13H21N3O2/c1-3-4-11-5-13(16-9-15-11)17-8-12-7-14-6-10(2)18-12/h5,9-10,12,14H,3-4,6-8H2,1-2H3. The van der Waals surface area contributed by atoms with E-state index in [9.17, 15) is 0 Å². The second-order valence-electron chi connectivity index (χ2n) is 4.64. The van der Waals surface area contributed by atoms with Crippen LogP contribution in [-0.4, -0.2) is 41.9 Å². The highest BCUT2D eigenvalue weighted by Crippen LogP contribution is 2.10. The second kappa shape index (κ2) is 6.66. The van der Waals surface area contributed by atoms with Crippen molar-refractivity contribution in [2.24, 2.45) is 0 Å². The number of hydrogen-bond acceptors (Lipinski definition) is 5. The molecule has 5 heteroatoms. The molecule has 0 radical (unpaired) electrons. The van der Waals surface area contributed by atoms with E-state index in [0.29, 0.717) is 12.5 Å². The van der Waals surface area contributed by atoms with Crippen LogP contribution in [0.4, 0.5) is 0 Å². The van der Waals surface area contributed by atoms with Crippen LogP contribution in [0.5, 0.6) is 5.88 Å². The van der Waals surface area contributed by atoms with Gasteiger partial charge in [-0.15, -0.1) is 0 Å². The number of aryl methyl sites for hydroxylation is 1. The molecule has 2 heterocycles. The molecule has 1 saturated heterocycles. The number of nitrogens with one attached hydrogen (secondary N) is 1. The van der Waals surface area contributed by atoms with Crippen LogP contribution in [0.2, 0.25) is 0 Å². The lowest BCUT2D eigenvalue weighted by molar-refractivity contribution is -0.0476. The van der Waals surface area contributed by atoms with Crippen molar-refractivity contribution in [2.75, 3.05) is 19.7 Å². The summed E-state index contributed by atoms with van der Waals surface area (Å²) in [5.74, 6) is 0.635. The van der Waals surface area contributed by atoms with Crippen LogP contribution in [0.15, 0.2) is 12.4 Å². The fourth-order valence-electron chi connectivity index (χ4n) is 2.00. The summed E-state index contributed by atoms with van der Waals surface area (Å²) in [5.41, 5.74) is 1.03. The van der Waals surface area contributed by atoms with Gasteiger partial charge in [0.25, 0.3) is 0 Å². The van der Waals surface area contributed by atoms with Gasteiger partial charge in [0.05, 0.1) is 6.10 Å². The third-order valence-corrected chi connectivity index (χ3v) is 2.85. The normalized spacial score (nSPS) is 23.9. The molecular formula is C13H21N3O2. The number of morpholine rings is 1. The van der Waals surface area contributed by atoms with E-state index in [1.54, 1.807) is 6.33 Å². The van der Waals surface area contributed by atoms with Gasteiger partial charge in [0, 0.05) is 24.8 Å². The summed E-state index contributed by atoms with van der Waals surface area (Å²) >= 11 is 0. The predicted octanol–water partition coefficient (Wildman–Crippen LogP) is 1.18. The highest BCUT2D eigenvalue weighted by molar-refractivity contribution is 5.13. The first-order valence-corrected chi connectivity index (χ1v) is 6.58. The molecule has 1 aromatic rings. The van der Waals surface area contributed by atoms with Gasteiger partial charge in [-0.25, -0.2) is 9.97 Å². The van der Waals surface area contributed by atoms with Crippen molar-refractivity contribution in [3.63, 3.8) is 0 Å². The predicted molar refractivity (Wildman–Crippen MR) is 68.7 cm³/mol. The van der Waals surface area contributed by atoms with Gasteiger partial charge in [-0.05, 0) is 13.3 Å². The Kier molecular flexibility index (Phi) is 4.90. The lowest BCUT2D eigenvalue weighted by Crippen LogP contribution is -2.45. The molecule has 1 aliphatic rings. The summed E-state index contributed by atoms with van der Waals surface area (Å²) in [6.07, 6.45) is 3.93. The van der Waals surface area contributed by atoms with Gasteiger partial charge in [0.15, 0.2) is 0 Å². The lowest BCUT2D eigenvalue weighted by Gasteiger charge is -2.28. The molecule has 5 nitrogen and oxygen atoms in total. The second-order valence-corrected chi connectivity index (χ2v) is 4.64. The minimum atomic E-state index is 0.0957. The van der Waals surface area contributed by atoms with Crippen molar-refractivity contribution >= 4 is 0 Å². The molecule has 1 aromatic heterocycles. The molecule has 0 aromatic carbocycles. The molecule has 2 atom stereocenters. The largest absolute Gasteiger partial charge is 0.475 e. The van der Waals surface area contributed by atoms with E-state index in [-0.39, 0.29) is 12.2 Å². The number of aromatic nitrogens is 2.